The summed E-state index contributed by atoms with van der Waals surface area (Å²) < 4.78 is 19.5. The number of nitrogen functional groups attached to an aromatic ring is 1. The van der Waals surface area contributed by atoms with E-state index in [1.807, 2.05) is 0 Å². The number of anilines is 1. The summed E-state index contributed by atoms with van der Waals surface area (Å²) in [5.74, 6) is -0.0142. The molecule has 0 aliphatic heterocycles. The fourth-order valence-electron chi connectivity index (χ4n) is 0.942. The lowest BCUT2D eigenvalue weighted by Crippen LogP contribution is -2.01. The molecule has 4 nitrogen and oxygen atoms in total. The van der Waals surface area contributed by atoms with Gasteiger partial charge in [0.05, 0.1) is 10.9 Å². The lowest BCUT2D eigenvalue weighted by molar-refractivity contribution is 0.477. The molecule has 1 aromatic rings. The van der Waals surface area contributed by atoms with E-state index in [1.165, 1.54) is 12.1 Å². The van der Waals surface area contributed by atoms with Crippen LogP contribution in [0.25, 0.3) is 0 Å². The van der Waals surface area contributed by atoms with Crippen LogP contribution in [0.2, 0.25) is 0 Å². The average Bonchev–Trinajstić information content (AvgIpc) is 2.08. The van der Waals surface area contributed by atoms with Crippen LogP contribution in [0.5, 0.6) is 5.75 Å². The van der Waals surface area contributed by atoms with Crippen molar-refractivity contribution in [3.05, 3.63) is 23.8 Å². The van der Waals surface area contributed by atoms with Crippen LogP contribution in [0, 0.1) is 0 Å². The normalized spacial score (nSPS) is 15.2. The van der Waals surface area contributed by atoms with Crippen LogP contribution in [0.3, 0.4) is 0 Å². The van der Waals surface area contributed by atoms with Crippen molar-refractivity contribution in [3.63, 3.8) is 0 Å². The van der Waals surface area contributed by atoms with Crippen molar-refractivity contribution in [1.82, 2.24) is 0 Å². The first-order chi connectivity index (χ1) is 6.02. The third-order valence-electron chi connectivity index (χ3n) is 1.82. The highest BCUT2D eigenvalue weighted by atomic mass is 32.2. The minimum atomic E-state index is -1.91. The summed E-state index contributed by atoms with van der Waals surface area (Å²) in [5.41, 5.74) is 6.28. The monoisotopic (exact) mass is 201 g/mol. The second-order valence-corrected chi connectivity index (χ2v) is 4.00. The molecule has 13 heavy (non-hydrogen) atoms. The molecule has 0 saturated heterocycles. The Morgan fingerprint density at radius 3 is 2.62 bits per heavy atom. The van der Waals surface area contributed by atoms with Gasteiger partial charge >= 0.3 is 0 Å². The van der Waals surface area contributed by atoms with Gasteiger partial charge < -0.3 is 15.4 Å². The average molecular weight is 201 g/mol. The quantitative estimate of drug-likeness (QED) is 0.382. The fraction of sp³-hybridized carbons (Fsp3) is 0.250. The van der Waals surface area contributed by atoms with Crippen molar-refractivity contribution >= 4 is 16.8 Å². The summed E-state index contributed by atoms with van der Waals surface area (Å²) in [7, 11) is 0. The van der Waals surface area contributed by atoms with Crippen LogP contribution < -0.4 is 5.73 Å². The van der Waals surface area contributed by atoms with Gasteiger partial charge in [-0.1, -0.05) is 6.07 Å². The van der Waals surface area contributed by atoms with Gasteiger partial charge in [-0.25, -0.2) is 4.21 Å². The van der Waals surface area contributed by atoms with Crippen molar-refractivity contribution in [2.24, 2.45) is 0 Å². The van der Waals surface area contributed by atoms with Crippen LogP contribution in [0.4, 0.5) is 5.69 Å². The molecule has 0 amide bonds. The minimum Gasteiger partial charge on any atom is -0.506 e. The zero-order chi connectivity index (χ0) is 10.0. The molecule has 72 valence electrons. The molecule has 1 rings (SSSR count). The van der Waals surface area contributed by atoms with Crippen LogP contribution in [0.1, 0.15) is 17.7 Å². The van der Waals surface area contributed by atoms with Gasteiger partial charge in [-0.05, 0) is 24.6 Å². The van der Waals surface area contributed by atoms with E-state index in [9.17, 15) is 4.21 Å². The SMILES string of the molecule is CC(c1ccc(O)c(N)c1)S(=O)O. The third-order valence-corrected chi connectivity index (χ3v) is 2.70. The van der Waals surface area contributed by atoms with E-state index >= 15 is 0 Å². The maximum absolute atomic E-state index is 10.7. The van der Waals surface area contributed by atoms with Gasteiger partial charge in [0.2, 0.25) is 0 Å². The Morgan fingerprint density at radius 1 is 1.54 bits per heavy atom. The summed E-state index contributed by atoms with van der Waals surface area (Å²) in [6.45, 7) is 1.61. The molecule has 0 heterocycles. The topological polar surface area (TPSA) is 83.5 Å². The Morgan fingerprint density at radius 2 is 2.15 bits per heavy atom. The van der Waals surface area contributed by atoms with Crippen LogP contribution in [-0.4, -0.2) is 13.9 Å². The molecule has 1 aromatic carbocycles. The number of hydrogen-bond donors (Lipinski definition) is 3. The number of phenolic OH excluding ortho intramolecular Hbond substituents is 1. The molecule has 2 atom stereocenters. The summed E-state index contributed by atoms with van der Waals surface area (Å²) in [5, 5.41) is 8.60. The smallest absolute Gasteiger partial charge is 0.160 e. The van der Waals surface area contributed by atoms with E-state index in [-0.39, 0.29) is 11.4 Å². The predicted molar refractivity (Wildman–Crippen MR) is 51.7 cm³/mol. The number of phenols is 1. The zero-order valence-corrected chi connectivity index (χ0v) is 7.91. The van der Waals surface area contributed by atoms with Gasteiger partial charge in [0.25, 0.3) is 0 Å². The lowest BCUT2D eigenvalue weighted by atomic mass is 10.1. The summed E-state index contributed by atoms with van der Waals surface area (Å²) >= 11 is -1.91. The summed E-state index contributed by atoms with van der Waals surface area (Å²) in [6.07, 6.45) is 0. The molecule has 0 aliphatic rings. The molecular weight excluding hydrogens is 190 g/mol. The number of rotatable bonds is 2. The number of aromatic hydroxyl groups is 1. The molecule has 0 fully saturated rings. The van der Waals surface area contributed by atoms with Gasteiger partial charge in [-0.15, -0.1) is 0 Å². The number of hydrogen-bond acceptors (Lipinski definition) is 3. The fourth-order valence-corrected chi connectivity index (χ4v) is 1.32. The maximum atomic E-state index is 10.7. The first-order valence-electron chi connectivity index (χ1n) is 3.70. The van der Waals surface area contributed by atoms with E-state index in [0.717, 1.165) is 0 Å². The second-order valence-electron chi connectivity index (χ2n) is 2.74. The zero-order valence-electron chi connectivity index (χ0n) is 7.10. The molecule has 5 heteroatoms. The highest BCUT2D eigenvalue weighted by molar-refractivity contribution is 7.79. The Bertz CT molecular complexity index is 340. The minimum absolute atomic E-state index is 0.0142. The van der Waals surface area contributed by atoms with Gasteiger partial charge in [0, 0.05) is 0 Å². The van der Waals surface area contributed by atoms with Gasteiger partial charge in [0.15, 0.2) is 11.1 Å². The predicted octanol–water partition coefficient (Wildman–Crippen LogP) is 1.26. The van der Waals surface area contributed by atoms with Crippen molar-refractivity contribution in [1.29, 1.82) is 0 Å². The van der Waals surface area contributed by atoms with Crippen molar-refractivity contribution in [3.8, 4) is 5.75 Å². The highest BCUT2D eigenvalue weighted by Gasteiger charge is 2.12. The van der Waals surface area contributed by atoms with Crippen molar-refractivity contribution in [2.45, 2.75) is 12.2 Å². The lowest BCUT2D eigenvalue weighted by Gasteiger charge is -2.08. The molecule has 0 spiro atoms. The van der Waals surface area contributed by atoms with E-state index in [1.54, 1.807) is 13.0 Å². The first kappa shape index (κ1) is 10.0. The van der Waals surface area contributed by atoms with Crippen LogP contribution >= 0.6 is 0 Å². The highest BCUT2D eigenvalue weighted by Crippen LogP contribution is 2.26. The Balaban J connectivity index is 3.03. The van der Waals surface area contributed by atoms with E-state index < -0.39 is 16.3 Å². The Kier molecular flexibility index (Phi) is 2.90. The molecule has 4 N–H and O–H groups in total. The largest absolute Gasteiger partial charge is 0.506 e. The molecule has 0 aromatic heterocycles. The van der Waals surface area contributed by atoms with E-state index in [4.69, 9.17) is 15.4 Å². The molecule has 0 bridgehead atoms. The maximum Gasteiger partial charge on any atom is 0.160 e. The van der Waals surface area contributed by atoms with Crippen molar-refractivity contribution in [2.75, 3.05) is 5.73 Å². The van der Waals surface area contributed by atoms with Gasteiger partial charge in [0.1, 0.15) is 5.75 Å². The summed E-state index contributed by atoms with van der Waals surface area (Å²) in [6, 6.07) is 4.48. The van der Waals surface area contributed by atoms with Gasteiger partial charge in [-0.3, -0.25) is 0 Å². The number of benzene rings is 1. The molecule has 0 radical (unpaired) electrons. The Labute approximate surface area is 78.7 Å². The second kappa shape index (κ2) is 3.76. The van der Waals surface area contributed by atoms with Gasteiger partial charge in [-0.2, -0.15) is 0 Å². The standard InChI is InChI=1S/C8H11NO3S/c1-5(13(11)12)6-2-3-8(10)7(9)4-6/h2-5,10H,9H2,1H3,(H,11,12). The first-order valence-corrected chi connectivity index (χ1v) is 4.87. The molecular formula is C8H11NO3S. The molecule has 0 saturated carbocycles. The summed E-state index contributed by atoms with van der Waals surface area (Å²) in [4.78, 5) is 0. The third kappa shape index (κ3) is 2.19. The van der Waals surface area contributed by atoms with E-state index in [2.05, 4.69) is 0 Å². The van der Waals surface area contributed by atoms with Crippen LogP contribution in [0.15, 0.2) is 18.2 Å². The van der Waals surface area contributed by atoms with Crippen LogP contribution in [-0.2, 0) is 11.1 Å². The number of nitrogens with two attached hydrogens (primary N) is 1. The molecule has 2 unspecified atom stereocenters. The van der Waals surface area contributed by atoms with Crippen molar-refractivity contribution < 1.29 is 13.9 Å². The molecule has 0 aliphatic carbocycles. The van der Waals surface area contributed by atoms with E-state index in [0.29, 0.717) is 5.56 Å². The Hall–Kier alpha value is -1.07.